The highest BCUT2D eigenvalue weighted by molar-refractivity contribution is 5.94. The summed E-state index contributed by atoms with van der Waals surface area (Å²) in [7, 11) is 0. The first kappa shape index (κ1) is 14.6. The van der Waals surface area contributed by atoms with Gasteiger partial charge < -0.3 is 10.1 Å². The molecule has 20 heavy (non-hydrogen) atoms. The van der Waals surface area contributed by atoms with Crippen LogP contribution in [0.4, 0.5) is 0 Å². The molecule has 1 fully saturated rings. The van der Waals surface area contributed by atoms with Crippen molar-refractivity contribution >= 4 is 11.9 Å². The largest absolute Gasteiger partial charge is 0.451 e. The second-order valence-electron chi connectivity index (χ2n) is 5.40. The van der Waals surface area contributed by atoms with E-state index in [9.17, 15) is 9.59 Å². The molecule has 1 amide bonds. The summed E-state index contributed by atoms with van der Waals surface area (Å²) in [6, 6.07) is 6.13. The number of hydrogen-bond donors (Lipinski definition) is 1. The number of carbonyl (C=O) groups is 2. The Bertz CT molecular complexity index is 524. The molecule has 1 aromatic rings. The molecule has 1 aliphatic rings. The van der Waals surface area contributed by atoms with Gasteiger partial charge in [-0.2, -0.15) is 0 Å². The van der Waals surface area contributed by atoms with Gasteiger partial charge >= 0.3 is 5.97 Å². The first-order chi connectivity index (χ1) is 9.52. The minimum Gasteiger partial charge on any atom is -0.451 e. The molecule has 2 rings (SSSR count). The van der Waals surface area contributed by atoms with Crippen molar-refractivity contribution in [3.63, 3.8) is 0 Å². The van der Waals surface area contributed by atoms with Gasteiger partial charge in [-0.3, -0.25) is 9.59 Å². The van der Waals surface area contributed by atoms with Crippen LogP contribution < -0.4 is 5.32 Å². The van der Waals surface area contributed by atoms with Crippen molar-refractivity contribution in [1.82, 2.24) is 5.32 Å². The molecule has 4 heteroatoms. The van der Waals surface area contributed by atoms with E-state index in [1.807, 2.05) is 32.9 Å². The fourth-order valence-corrected chi connectivity index (χ4v) is 2.49. The molecular weight excluding hydrogens is 254 g/mol. The topological polar surface area (TPSA) is 55.4 Å². The molecule has 0 spiro atoms. The molecule has 1 saturated heterocycles. The summed E-state index contributed by atoms with van der Waals surface area (Å²) in [6.45, 7) is 6.53. The summed E-state index contributed by atoms with van der Waals surface area (Å²) in [6.07, 6.45) is 0.981. The van der Waals surface area contributed by atoms with Gasteiger partial charge in [-0.05, 0) is 31.4 Å². The molecule has 108 valence electrons. The minimum absolute atomic E-state index is 0.192. The van der Waals surface area contributed by atoms with Crippen LogP contribution in [0.5, 0.6) is 0 Å². The van der Waals surface area contributed by atoms with Crippen LogP contribution in [-0.2, 0) is 20.9 Å². The van der Waals surface area contributed by atoms with E-state index in [0.29, 0.717) is 13.0 Å². The Kier molecular flexibility index (Phi) is 4.42. The molecule has 4 nitrogen and oxygen atoms in total. The Morgan fingerprint density at radius 3 is 2.70 bits per heavy atom. The van der Waals surface area contributed by atoms with E-state index in [1.54, 1.807) is 0 Å². The second-order valence-corrected chi connectivity index (χ2v) is 5.40. The Morgan fingerprint density at radius 1 is 1.35 bits per heavy atom. The van der Waals surface area contributed by atoms with Gasteiger partial charge in [0.15, 0.2) is 6.10 Å². The van der Waals surface area contributed by atoms with Crippen molar-refractivity contribution in [2.75, 3.05) is 0 Å². The van der Waals surface area contributed by atoms with E-state index in [0.717, 1.165) is 17.5 Å². The summed E-state index contributed by atoms with van der Waals surface area (Å²) < 4.78 is 4.95. The molecule has 1 N–H and O–H groups in total. The molecule has 0 aromatic heterocycles. The zero-order valence-corrected chi connectivity index (χ0v) is 12.2. The lowest BCUT2D eigenvalue weighted by Gasteiger charge is -2.33. The van der Waals surface area contributed by atoms with E-state index in [-0.39, 0.29) is 17.8 Å². The number of ether oxygens (including phenoxy) is 1. The van der Waals surface area contributed by atoms with E-state index in [2.05, 4.69) is 11.4 Å². The summed E-state index contributed by atoms with van der Waals surface area (Å²) in [5.74, 6) is -0.708. The minimum atomic E-state index is -0.604. The zero-order valence-electron chi connectivity index (χ0n) is 12.2. The maximum atomic E-state index is 12.0. The fraction of sp³-hybridized carbons (Fsp3) is 0.500. The highest BCUT2D eigenvalue weighted by Gasteiger charge is 2.46. The third-order valence-electron chi connectivity index (χ3n) is 3.72. The molecule has 0 bridgehead atoms. The van der Waals surface area contributed by atoms with E-state index >= 15 is 0 Å². The molecule has 1 aromatic carbocycles. The van der Waals surface area contributed by atoms with Gasteiger partial charge in [-0.25, -0.2) is 0 Å². The summed E-state index contributed by atoms with van der Waals surface area (Å²) in [5.41, 5.74) is 3.44. The van der Waals surface area contributed by atoms with Crippen LogP contribution in [0.2, 0.25) is 0 Å². The maximum Gasteiger partial charge on any atom is 0.314 e. The maximum absolute atomic E-state index is 12.0. The van der Waals surface area contributed by atoms with Gasteiger partial charge in [0.1, 0.15) is 5.92 Å². The molecule has 1 heterocycles. The Hall–Kier alpha value is -1.84. The third kappa shape index (κ3) is 3.00. The third-order valence-corrected chi connectivity index (χ3v) is 3.72. The molecule has 1 unspecified atom stereocenters. The number of nitrogens with one attached hydrogen (secondary N) is 1. The SMILES string of the molecule is CCCC1C(=O)O[C@H]1C(=O)NCc1ccc(C)cc1C. The quantitative estimate of drug-likeness (QED) is 0.839. The van der Waals surface area contributed by atoms with Gasteiger partial charge in [0.05, 0.1) is 0 Å². The predicted molar refractivity (Wildman–Crippen MR) is 76.0 cm³/mol. The number of aryl methyl sites for hydroxylation is 2. The zero-order chi connectivity index (χ0) is 14.7. The summed E-state index contributed by atoms with van der Waals surface area (Å²) in [5, 5.41) is 2.85. The summed E-state index contributed by atoms with van der Waals surface area (Å²) >= 11 is 0. The first-order valence-electron chi connectivity index (χ1n) is 7.07. The lowest BCUT2D eigenvalue weighted by molar-refractivity contribution is -0.189. The molecule has 1 aliphatic heterocycles. The average molecular weight is 275 g/mol. The normalized spacial score (nSPS) is 21.1. The van der Waals surface area contributed by atoms with Gasteiger partial charge in [-0.15, -0.1) is 0 Å². The van der Waals surface area contributed by atoms with Gasteiger partial charge in [0.25, 0.3) is 5.91 Å². The van der Waals surface area contributed by atoms with E-state index in [4.69, 9.17) is 4.74 Å². The number of hydrogen-bond acceptors (Lipinski definition) is 3. The van der Waals surface area contributed by atoms with E-state index in [1.165, 1.54) is 5.56 Å². The number of rotatable bonds is 5. The fourth-order valence-electron chi connectivity index (χ4n) is 2.49. The van der Waals surface area contributed by atoms with Crippen molar-refractivity contribution in [2.45, 2.75) is 46.3 Å². The number of esters is 1. The Balaban J connectivity index is 1.91. The highest BCUT2D eigenvalue weighted by atomic mass is 16.6. The lowest BCUT2D eigenvalue weighted by atomic mass is 9.91. The van der Waals surface area contributed by atoms with Crippen LogP contribution in [0, 0.1) is 19.8 Å². The smallest absolute Gasteiger partial charge is 0.314 e. The number of carbonyl (C=O) groups excluding carboxylic acids is 2. The van der Waals surface area contributed by atoms with Crippen LogP contribution in [-0.4, -0.2) is 18.0 Å². The van der Waals surface area contributed by atoms with E-state index < -0.39 is 6.10 Å². The van der Waals surface area contributed by atoms with Crippen molar-refractivity contribution in [3.05, 3.63) is 34.9 Å². The average Bonchev–Trinajstić information content (AvgIpc) is 2.41. The standard InChI is InChI=1S/C16H21NO3/c1-4-5-13-14(20-16(13)19)15(18)17-9-12-7-6-10(2)8-11(12)3/h6-8,13-14H,4-5,9H2,1-3H3,(H,17,18)/t13?,14-/m1/s1. The first-order valence-corrected chi connectivity index (χ1v) is 7.07. The molecular formula is C16H21NO3. The van der Waals surface area contributed by atoms with Gasteiger partial charge in [-0.1, -0.05) is 37.1 Å². The molecule has 0 radical (unpaired) electrons. The van der Waals surface area contributed by atoms with Crippen LogP contribution in [0.1, 0.15) is 36.5 Å². The monoisotopic (exact) mass is 275 g/mol. The summed E-state index contributed by atoms with van der Waals surface area (Å²) in [4.78, 5) is 23.3. The van der Waals surface area contributed by atoms with Crippen LogP contribution in [0.25, 0.3) is 0 Å². The van der Waals surface area contributed by atoms with Crippen LogP contribution >= 0.6 is 0 Å². The second kappa shape index (κ2) is 6.07. The van der Waals surface area contributed by atoms with Crippen molar-refractivity contribution in [2.24, 2.45) is 5.92 Å². The Morgan fingerprint density at radius 2 is 2.10 bits per heavy atom. The Labute approximate surface area is 119 Å². The van der Waals surface area contributed by atoms with Crippen molar-refractivity contribution < 1.29 is 14.3 Å². The van der Waals surface area contributed by atoms with Crippen LogP contribution in [0.3, 0.4) is 0 Å². The molecule has 0 aliphatic carbocycles. The number of cyclic esters (lactones) is 1. The van der Waals surface area contributed by atoms with Gasteiger partial charge in [0.2, 0.25) is 0 Å². The highest BCUT2D eigenvalue weighted by Crippen LogP contribution is 2.27. The number of amides is 1. The van der Waals surface area contributed by atoms with Crippen molar-refractivity contribution in [3.8, 4) is 0 Å². The number of benzene rings is 1. The van der Waals surface area contributed by atoms with Crippen LogP contribution in [0.15, 0.2) is 18.2 Å². The van der Waals surface area contributed by atoms with Gasteiger partial charge in [0, 0.05) is 6.54 Å². The predicted octanol–water partition coefficient (Wildman–Crippen LogP) is 2.26. The lowest BCUT2D eigenvalue weighted by Crippen LogP contribution is -2.53. The molecule has 2 atom stereocenters. The molecule has 0 saturated carbocycles. The van der Waals surface area contributed by atoms with Crippen molar-refractivity contribution in [1.29, 1.82) is 0 Å².